The number of nitrogens with two attached hydrogens (primary N) is 1. The molecule has 0 aliphatic carbocycles. The van der Waals surface area contributed by atoms with Crippen LogP contribution in [0.25, 0.3) is 0 Å². The summed E-state index contributed by atoms with van der Waals surface area (Å²) in [4.78, 5) is 2.03. The minimum absolute atomic E-state index is 0.129. The van der Waals surface area contributed by atoms with Crippen LogP contribution >= 0.6 is 0 Å². The summed E-state index contributed by atoms with van der Waals surface area (Å²) >= 11 is 0. The highest BCUT2D eigenvalue weighted by Crippen LogP contribution is 2.22. The van der Waals surface area contributed by atoms with Crippen LogP contribution in [0.5, 0.6) is 0 Å². The number of rotatable bonds is 6. The normalized spacial score (nSPS) is 12.4. The predicted molar refractivity (Wildman–Crippen MR) is 71.7 cm³/mol. The molecule has 0 heterocycles. The Bertz CT molecular complexity index is 389. The van der Waals surface area contributed by atoms with E-state index in [-0.39, 0.29) is 12.5 Å². The number of nitrogen functional groups attached to an aromatic ring is 1. The largest absolute Gasteiger partial charge is 0.399 e. The van der Waals surface area contributed by atoms with E-state index in [9.17, 15) is 13.2 Å². The molecule has 0 spiro atoms. The van der Waals surface area contributed by atoms with Crippen LogP contribution in [0.2, 0.25) is 0 Å². The number of halogens is 3. The van der Waals surface area contributed by atoms with Gasteiger partial charge in [0.05, 0.1) is 0 Å². The smallest absolute Gasteiger partial charge is 0.389 e. The van der Waals surface area contributed by atoms with Gasteiger partial charge in [-0.3, -0.25) is 4.90 Å². The van der Waals surface area contributed by atoms with Gasteiger partial charge in [-0.05, 0) is 44.5 Å². The molecule has 0 amide bonds. The Morgan fingerprint density at radius 1 is 1.26 bits per heavy atom. The zero-order valence-electron chi connectivity index (χ0n) is 11.4. The fourth-order valence-electron chi connectivity index (χ4n) is 1.93. The number of nitrogens with zero attached hydrogens (tertiary/aromatic N) is 1. The summed E-state index contributed by atoms with van der Waals surface area (Å²) in [6, 6.07) is 7.66. The Labute approximate surface area is 112 Å². The molecule has 0 saturated carbocycles. The molecule has 0 aromatic heterocycles. The topological polar surface area (TPSA) is 29.3 Å². The number of alkyl halides is 3. The van der Waals surface area contributed by atoms with Crippen LogP contribution in [0.3, 0.4) is 0 Å². The number of anilines is 1. The maximum Gasteiger partial charge on any atom is 0.389 e. The zero-order valence-corrected chi connectivity index (χ0v) is 11.4. The highest BCUT2D eigenvalue weighted by atomic mass is 19.4. The molecule has 2 N–H and O–H groups in total. The Balaban J connectivity index is 2.54. The SMILES string of the molecule is CC(C)N(CCCC(F)(F)F)Cc1cccc(N)c1. The van der Waals surface area contributed by atoms with Crippen molar-refractivity contribution in [2.24, 2.45) is 0 Å². The van der Waals surface area contributed by atoms with Crippen molar-refractivity contribution in [1.29, 1.82) is 0 Å². The fraction of sp³-hybridized carbons (Fsp3) is 0.571. The second-order valence-electron chi connectivity index (χ2n) is 5.03. The monoisotopic (exact) mass is 274 g/mol. The minimum Gasteiger partial charge on any atom is -0.399 e. The summed E-state index contributed by atoms with van der Waals surface area (Å²) in [6.45, 7) is 5.03. The van der Waals surface area contributed by atoms with Gasteiger partial charge in [0.25, 0.3) is 0 Å². The van der Waals surface area contributed by atoms with Crippen molar-refractivity contribution in [2.75, 3.05) is 12.3 Å². The summed E-state index contributed by atoms with van der Waals surface area (Å²) in [5.41, 5.74) is 7.41. The van der Waals surface area contributed by atoms with Crippen molar-refractivity contribution in [3.8, 4) is 0 Å². The lowest BCUT2D eigenvalue weighted by Gasteiger charge is -2.26. The molecule has 0 aliphatic rings. The summed E-state index contributed by atoms with van der Waals surface area (Å²) in [5.74, 6) is 0. The Hall–Kier alpha value is -1.23. The molecule has 19 heavy (non-hydrogen) atoms. The molecule has 5 heteroatoms. The maximum absolute atomic E-state index is 12.2. The van der Waals surface area contributed by atoms with Gasteiger partial charge in [0, 0.05) is 24.7 Å². The van der Waals surface area contributed by atoms with Crippen LogP contribution in [-0.4, -0.2) is 23.7 Å². The van der Waals surface area contributed by atoms with Gasteiger partial charge in [-0.25, -0.2) is 0 Å². The van der Waals surface area contributed by atoms with E-state index in [2.05, 4.69) is 0 Å². The fourth-order valence-corrected chi connectivity index (χ4v) is 1.93. The first-order valence-electron chi connectivity index (χ1n) is 6.43. The second kappa shape index (κ2) is 6.80. The summed E-state index contributed by atoms with van der Waals surface area (Å²) in [5, 5.41) is 0. The lowest BCUT2D eigenvalue weighted by atomic mass is 10.1. The van der Waals surface area contributed by atoms with Crippen molar-refractivity contribution in [2.45, 2.75) is 45.5 Å². The van der Waals surface area contributed by atoms with E-state index in [1.165, 1.54) is 0 Å². The highest BCUT2D eigenvalue weighted by Gasteiger charge is 2.26. The molecule has 0 aliphatic heterocycles. The van der Waals surface area contributed by atoms with Crippen molar-refractivity contribution >= 4 is 5.69 Å². The second-order valence-corrected chi connectivity index (χ2v) is 5.03. The molecular weight excluding hydrogens is 253 g/mol. The highest BCUT2D eigenvalue weighted by molar-refractivity contribution is 5.40. The van der Waals surface area contributed by atoms with Crippen LogP contribution in [0.4, 0.5) is 18.9 Å². The summed E-state index contributed by atoms with van der Waals surface area (Å²) < 4.78 is 36.5. The van der Waals surface area contributed by atoms with Gasteiger partial charge in [0.15, 0.2) is 0 Å². The van der Waals surface area contributed by atoms with Gasteiger partial charge in [-0.1, -0.05) is 12.1 Å². The van der Waals surface area contributed by atoms with Gasteiger partial charge in [0.2, 0.25) is 0 Å². The third-order valence-electron chi connectivity index (χ3n) is 2.97. The molecule has 0 radical (unpaired) electrons. The number of hydrogen-bond donors (Lipinski definition) is 1. The molecule has 1 aromatic rings. The number of benzene rings is 1. The van der Waals surface area contributed by atoms with Crippen LogP contribution in [-0.2, 0) is 6.54 Å². The third kappa shape index (κ3) is 6.47. The molecule has 2 nitrogen and oxygen atoms in total. The summed E-state index contributed by atoms with van der Waals surface area (Å²) in [7, 11) is 0. The minimum atomic E-state index is -4.07. The number of hydrogen-bond acceptors (Lipinski definition) is 2. The molecule has 0 saturated heterocycles. The van der Waals surface area contributed by atoms with Crippen LogP contribution in [0.1, 0.15) is 32.3 Å². The van der Waals surface area contributed by atoms with Crippen LogP contribution < -0.4 is 5.73 Å². The standard InChI is InChI=1S/C14H21F3N2/c1-11(2)19(8-4-7-14(15,16)17)10-12-5-3-6-13(18)9-12/h3,5-6,9,11H,4,7-8,10,18H2,1-2H3. The van der Waals surface area contributed by atoms with Gasteiger partial charge in [-0.2, -0.15) is 13.2 Å². The first kappa shape index (κ1) is 15.8. The van der Waals surface area contributed by atoms with E-state index >= 15 is 0 Å². The van der Waals surface area contributed by atoms with Gasteiger partial charge in [-0.15, -0.1) is 0 Å². The van der Waals surface area contributed by atoms with E-state index in [0.29, 0.717) is 18.8 Å². The zero-order chi connectivity index (χ0) is 14.5. The van der Waals surface area contributed by atoms with Gasteiger partial charge >= 0.3 is 6.18 Å². The summed E-state index contributed by atoms with van der Waals surface area (Å²) in [6.07, 6.45) is -4.67. The van der Waals surface area contributed by atoms with E-state index in [1.807, 2.05) is 36.9 Å². The van der Waals surface area contributed by atoms with Crippen molar-refractivity contribution in [1.82, 2.24) is 4.90 Å². The van der Waals surface area contributed by atoms with E-state index in [1.54, 1.807) is 6.07 Å². The van der Waals surface area contributed by atoms with Gasteiger partial charge < -0.3 is 5.73 Å². The average molecular weight is 274 g/mol. The van der Waals surface area contributed by atoms with E-state index in [4.69, 9.17) is 5.73 Å². The Kier molecular flexibility index (Phi) is 5.66. The molecule has 0 fully saturated rings. The van der Waals surface area contributed by atoms with Crippen molar-refractivity contribution < 1.29 is 13.2 Å². The first-order valence-corrected chi connectivity index (χ1v) is 6.43. The molecule has 1 rings (SSSR count). The Morgan fingerprint density at radius 3 is 2.47 bits per heavy atom. The molecule has 1 aromatic carbocycles. The average Bonchev–Trinajstić information content (AvgIpc) is 2.26. The molecule has 0 atom stereocenters. The van der Waals surface area contributed by atoms with E-state index < -0.39 is 12.6 Å². The lowest BCUT2D eigenvalue weighted by Crippen LogP contribution is -2.32. The molecular formula is C14H21F3N2. The van der Waals surface area contributed by atoms with E-state index in [0.717, 1.165) is 5.56 Å². The van der Waals surface area contributed by atoms with Crippen LogP contribution in [0, 0.1) is 0 Å². The maximum atomic E-state index is 12.2. The quantitative estimate of drug-likeness (QED) is 0.799. The van der Waals surface area contributed by atoms with Crippen molar-refractivity contribution in [3.05, 3.63) is 29.8 Å². The lowest BCUT2D eigenvalue weighted by molar-refractivity contribution is -0.136. The molecule has 0 bridgehead atoms. The van der Waals surface area contributed by atoms with Gasteiger partial charge in [0.1, 0.15) is 0 Å². The third-order valence-corrected chi connectivity index (χ3v) is 2.97. The van der Waals surface area contributed by atoms with Crippen LogP contribution in [0.15, 0.2) is 24.3 Å². The first-order chi connectivity index (χ1) is 8.78. The Morgan fingerprint density at radius 2 is 1.95 bits per heavy atom. The molecule has 0 unspecified atom stereocenters. The van der Waals surface area contributed by atoms with Crippen molar-refractivity contribution in [3.63, 3.8) is 0 Å². The molecule has 108 valence electrons. The predicted octanol–water partition coefficient (Wildman–Crippen LogP) is 3.82.